The second kappa shape index (κ2) is 10.4. The molecule has 2 aromatic rings. The highest BCUT2D eigenvalue weighted by Gasteiger charge is 2.15. The molecule has 26 heavy (non-hydrogen) atoms. The Labute approximate surface area is 160 Å². The quantitative estimate of drug-likeness (QED) is 0.738. The summed E-state index contributed by atoms with van der Waals surface area (Å²) in [4.78, 5) is 0. The van der Waals surface area contributed by atoms with Gasteiger partial charge in [0.1, 0.15) is 11.6 Å². The summed E-state index contributed by atoms with van der Waals surface area (Å²) in [6.45, 7) is 1.05. The molecule has 140 valence electrons. The van der Waals surface area contributed by atoms with E-state index in [9.17, 15) is 8.78 Å². The summed E-state index contributed by atoms with van der Waals surface area (Å²) in [6.07, 6.45) is 9.88. The van der Waals surface area contributed by atoms with E-state index >= 15 is 0 Å². The second-order valence-electron chi connectivity index (χ2n) is 6.84. The van der Waals surface area contributed by atoms with E-state index in [1.54, 1.807) is 24.3 Å². The fourth-order valence-electron chi connectivity index (χ4n) is 3.59. The fraction of sp³-hybridized carbons (Fsp3) is 0.364. The van der Waals surface area contributed by atoms with Crippen LogP contribution in [0.4, 0.5) is 8.78 Å². The van der Waals surface area contributed by atoms with Gasteiger partial charge in [-0.1, -0.05) is 36.8 Å². The maximum Gasteiger partial charge on any atom is 0.123 e. The maximum atomic E-state index is 13.2. The first-order valence-corrected chi connectivity index (χ1v) is 9.28. The summed E-state index contributed by atoms with van der Waals surface area (Å²) in [5.74, 6) is -0.485. The summed E-state index contributed by atoms with van der Waals surface area (Å²) >= 11 is 0. The van der Waals surface area contributed by atoms with Crippen molar-refractivity contribution in [3.05, 3.63) is 77.4 Å². The van der Waals surface area contributed by atoms with Gasteiger partial charge in [-0.3, -0.25) is 0 Å². The third kappa shape index (κ3) is 5.93. The number of rotatable bonds is 6. The third-order valence-electron chi connectivity index (χ3n) is 4.98. The van der Waals surface area contributed by atoms with Crippen molar-refractivity contribution >= 4 is 5.57 Å². The van der Waals surface area contributed by atoms with Crippen LogP contribution in [0, 0.1) is 11.6 Å². The van der Waals surface area contributed by atoms with Crippen LogP contribution in [0.2, 0.25) is 0 Å². The van der Waals surface area contributed by atoms with Crippen molar-refractivity contribution in [2.75, 3.05) is 6.54 Å². The molecule has 0 amide bonds. The zero-order valence-electron chi connectivity index (χ0n) is 14.9. The summed E-state index contributed by atoms with van der Waals surface area (Å²) in [5, 5.41) is 2.46. The minimum absolute atomic E-state index is 0. The van der Waals surface area contributed by atoms with Crippen molar-refractivity contribution in [3.63, 3.8) is 0 Å². The standard InChI is InChI=1S/C22H25F2N.ClH/c23-19-12-8-17(9-13-19)22(18-10-14-20(24)15-11-18)7-4-16-25-21-5-2-1-3-6-21;/h7-15,21,25H,1-6,16H2;1H. The van der Waals surface area contributed by atoms with Gasteiger partial charge in [-0.25, -0.2) is 8.78 Å². The molecule has 1 fully saturated rings. The lowest BCUT2D eigenvalue weighted by Gasteiger charge is -2.19. The Bertz CT molecular complexity index is 642. The van der Waals surface area contributed by atoms with E-state index in [1.807, 2.05) is 0 Å². The van der Waals surface area contributed by atoms with E-state index in [1.165, 1.54) is 56.4 Å². The number of nitrogens with two attached hydrogens (primary N) is 1. The molecule has 0 heterocycles. The molecule has 0 radical (unpaired) electrons. The Morgan fingerprint density at radius 3 is 1.85 bits per heavy atom. The van der Waals surface area contributed by atoms with Gasteiger partial charge in [0.05, 0.1) is 12.6 Å². The number of quaternary nitrogens is 1. The van der Waals surface area contributed by atoms with Gasteiger partial charge in [-0.2, -0.15) is 0 Å². The molecule has 0 bridgehead atoms. The molecule has 2 N–H and O–H groups in total. The highest BCUT2D eigenvalue weighted by Crippen LogP contribution is 2.24. The molecule has 1 saturated carbocycles. The molecule has 0 spiro atoms. The van der Waals surface area contributed by atoms with E-state index in [0.29, 0.717) is 0 Å². The predicted molar refractivity (Wildman–Crippen MR) is 98.2 cm³/mol. The minimum atomic E-state index is -0.243. The minimum Gasteiger partial charge on any atom is -1.00 e. The van der Waals surface area contributed by atoms with Gasteiger partial charge in [-0.05, 0) is 66.6 Å². The van der Waals surface area contributed by atoms with Gasteiger partial charge >= 0.3 is 0 Å². The smallest absolute Gasteiger partial charge is 0.123 e. The lowest BCUT2D eigenvalue weighted by Crippen LogP contribution is -3.00. The highest BCUT2D eigenvalue weighted by molar-refractivity contribution is 5.79. The summed E-state index contributed by atoms with van der Waals surface area (Å²) in [7, 11) is 0. The van der Waals surface area contributed by atoms with Crippen LogP contribution in [0.3, 0.4) is 0 Å². The summed E-state index contributed by atoms with van der Waals surface area (Å²) in [6, 6.07) is 13.8. The van der Waals surface area contributed by atoms with E-state index < -0.39 is 0 Å². The Morgan fingerprint density at radius 2 is 1.35 bits per heavy atom. The number of halogens is 3. The van der Waals surface area contributed by atoms with E-state index in [0.717, 1.165) is 35.7 Å². The molecule has 3 rings (SSSR count). The van der Waals surface area contributed by atoms with Crippen LogP contribution >= 0.6 is 0 Å². The molecule has 1 aliphatic rings. The molecular formula is C22H26ClF2N. The molecule has 0 unspecified atom stereocenters. The van der Waals surface area contributed by atoms with Crippen molar-refractivity contribution in [2.24, 2.45) is 0 Å². The van der Waals surface area contributed by atoms with Crippen LogP contribution in [0.15, 0.2) is 54.6 Å². The number of hydrogen-bond donors (Lipinski definition) is 1. The van der Waals surface area contributed by atoms with E-state index in [-0.39, 0.29) is 24.0 Å². The Hall–Kier alpha value is -1.71. The highest BCUT2D eigenvalue weighted by atomic mass is 35.5. The molecule has 1 aliphatic carbocycles. The average molecular weight is 378 g/mol. The molecule has 0 aliphatic heterocycles. The first kappa shape index (κ1) is 20.6. The van der Waals surface area contributed by atoms with E-state index in [2.05, 4.69) is 11.4 Å². The number of benzene rings is 2. The summed E-state index contributed by atoms with van der Waals surface area (Å²) < 4.78 is 26.5. The molecule has 0 atom stereocenters. The van der Waals surface area contributed by atoms with Crippen LogP contribution in [0.25, 0.3) is 5.57 Å². The molecule has 4 heteroatoms. The average Bonchev–Trinajstić information content (AvgIpc) is 2.65. The van der Waals surface area contributed by atoms with Gasteiger partial charge < -0.3 is 17.7 Å². The third-order valence-corrected chi connectivity index (χ3v) is 4.98. The first-order valence-electron chi connectivity index (χ1n) is 9.28. The topological polar surface area (TPSA) is 16.6 Å². The maximum absolute atomic E-state index is 13.2. The van der Waals surface area contributed by atoms with Crippen molar-refractivity contribution in [1.29, 1.82) is 0 Å². The van der Waals surface area contributed by atoms with Gasteiger partial charge in [0.2, 0.25) is 0 Å². The second-order valence-corrected chi connectivity index (χ2v) is 6.84. The molecular weight excluding hydrogens is 352 g/mol. The van der Waals surface area contributed by atoms with Crippen LogP contribution in [0.1, 0.15) is 49.7 Å². The molecule has 1 nitrogen and oxygen atoms in total. The molecule has 0 aromatic heterocycles. The van der Waals surface area contributed by atoms with E-state index in [4.69, 9.17) is 0 Å². The van der Waals surface area contributed by atoms with Crippen LogP contribution in [0.5, 0.6) is 0 Å². The Morgan fingerprint density at radius 1 is 0.846 bits per heavy atom. The van der Waals surface area contributed by atoms with Gasteiger partial charge in [-0.15, -0.1) is 0 Å². The van der Waals surface area contributed by atoms with Gasteiger partial charge in [0.25, 0.3) is 0 Å². The normalized spacial score (nSPS) is 14.5. The number of hydrogen-bond acceptors (Lipinski definition) is 0. The zero-order chi connectivity index (χ0) is 17.5. The van der Waals surface area contributed by atoms with Crippen LogP contribution in [-0.2, 0) is 0 Å². The zero-order valence-corrected chi connectivity index (χ0v) is 15.7. The van der Waals surface area contributed by atoms with Crippen LogP contribution in [-0.4, -0.2) is 12.6 Å². The van der Waals surface area contributed by atoms with Gasteiger partial charge in [0, 0.05) is 6.42 Å². The first-order chi connectivity index (χ1) is 12.2. The van der Waals surface area contributed by atoms with Crippen molar-refractivity contribution < 1.29 is 26.5 Å². The molecule has 0 saturated heterocycles. The Balaban J connectivity index is 0.00000243. The van der Waals surface area contributed by atoms with Crippen molar-refractivity contribution in [3.8, 4) is 0 Å². The lowest BCUT2D eigenvalue weighted by molar-refractivity contribution is -0.691. The monoisotopic (exact) mass is 377 g/mol. The Kier molecular flexibility index (Phi) is 8.27. The lowest BCUT2D eigenvalue weighted by atomic mass is 9.95. The SMILES string of the molecule is Fc1ccc(C(=CCC[NH2+]C2CCCCC2)c2ccc(F)cc2)cc1.[Cl-]. The largest absolute Gasteiger partial charge is 1.00 e. The molecule has 2 aromatic carbocycles. The van der Waals surface area contributed by atoms with Gasteiger partial charge in [0.15, 0.2) is 0 Å². The fourth-order valence-corrected chi connectivity index (χ4v) is 3.59. The predicted octanol–water partition coefficient (Wildman–Crippen LogP) is 1.69. The summed E-state index contributed by atoms with van der Waals surface area (Å²) in [5.41, 5.74) is 2.97. The van der Waals surface area contributed by atoms with Crippen molar-refractivity contribution in [2.45, 2.75) is 44.6 Å². The van der Waals surface area contributed by atoms with Crippen molar-refractivity contribution in [1.82, 2.24) is 0 Å². The van der Waals surface area contributed by atoms with Crippen LogP contribution < -0.4 is 17.7 Å².